The Morgan fingerprint density at radius 3 is 2.91 bits per heavy atom. The summed E-state index contributed by atoms with van der Waals surface area (Å²) >= 11 is 0. The van der Waals surface area contributed by atoms with Crippen LogP contribution in [0.25, 0.3) is 17.3 Å². The van der Waals surface area contributed by atoms with Crippen LogP contribution in [0.4, 0.5) is 11.5 Å². The molecule has 1 fully saturated rings. The Morgan fingerprint density at radius 2 is 2.09 bits per heavy atom. The minimum atomic E-state index is -3.23. The Bertz CT molecular complexity index is 1310. The summed E-state index contributed by atoms with van der Waals surface area (Å²) in [4.78, 5) is 4.96. The third-order valence-electron chi connectivity index (χ3n) is 6.50. The number of nitrogens with two attached hydrogens (primary N) is 1. The summed E-state index contributed by atoms with van der Waals surface area (Å²) in [5.41, 5.74) is 12.1. The quantitative estimate of drug-likeness (QED) is 0.630. The normalized spacial score (nSPS) is 21.8. The molecule has 2 unspecified atom stereocenters. The van der Waals surface area contributed by atoms with Gasteiger partial charge in [0.05, 0.1) is 17.6 Å². The van der Waals surface area contributed by atoms with Gasteiger partial charge >= 0.3 is 0 Å². The Balaban J connectivity index is 1.56. The fourth-order valence-corrected chi connectivity index (χ4v) is 5.89. The van der Waals surface area contributed by atoms with E-state index in [1.807, 2.05) is 24.4 Å². The maximum atomic E-state index is 12.4. The zero-order valence-electron chi connectivity index (χ0n) is 18.3. The Labute approximate surface area is 188 Å². The SMILES string of the molecule is CCS(=O)(=O)N1CCCC(c2cc(N)n3ncc(C4=Cc5ccccc5NC4C)c3n2)C1. The smallest absolute Gasteiger partial charge is 0.213 e. The lowest BCUT2D eigenvalue weighted by atomic mass is 9.94. The van der Waals surface area contributed by atoms with E-state index in [1.54, 1.807) is 15.7 Å². The van der Waals surface area contributed by atoms with Crippen LogP contribution in [0.2, 0.25) is 0 Å². The number of nitrogen functional groups attached to an aromatic ring is 1. The summed E-state index contributed by atoms with van der Waals surface area (Å²) in [5, 5.41) is 8.04. The Hall–Kier alpha value is -2.91. The fraction of sp³-hybridized carbons (Fsp3) is 0.391. The second-order valence-corrected chi connectivity index (χ2v) is 10.8. The zero-order chi connectivity index (χ0) is 22.5. The van der Waals surface area contributed by atoms with E-state index in [2.05, 4.69) is 35.5 Å². The van der Waals surface area contributed by atoms with Gasteiger partial charge in [0.15, 0.2) is 5.65 Å². The first-order valence-corrected chi connectivity index (χ1v) is 12.7. The summed E-state index contributed by atoms with van der Waals surface area (Å²) in [6, 6.07) is 10.1. The Kier molecular flexibility index (Phi) is 5.17. The fourth-order valence-electron chi connectivity index (χ4n) is 4.71. The van der Waals surface area contributed by atoms with Crippen molar-refractivity contribution in [3.8, 4) is 0 Å². The van der Waals surface area contributed by atoms with E-state index >= 15 is 0 Å². The van der Waals surface area contributed by atoms with E-state index < -0.39 is 10.0 Å². The molecule has 0 bridgehead atoms. The third-order valence-corrected chi connectivity index (χ3v) is 8.35. The highest BCUT2D eigenvalue weighted by Crippen LogP contribution is 2.35. The van der Waals surface area contributed by atoms with Gasteiger partial charge in [-0.25, -0.2) is 17.7 Å². The number of aromatic nitrogens is 3. The van der Waals surface area contributed by atoms with Crippen LogP contribution in [0.1, 0.15) is 49.4 Å². The van der Waals surface area contributed by atoms with E-state index in [4.69, 9.17) is 10.7 Å². The van der Waals surface area contributed by atoms with Crippen molar-refractivity contribution < 1.29 is 8.42 Å². The minimum Gasteiger partial charge on any atom is -0.384 e. The number of fused-ring (bicyclic) bond motifs is 2. The Morgan fingerprint density at radius 1 is 1.28 bits per heavy atom. The highest BCUT2D eigenvalue weighted by atomic mass is 32.2. The van der Waals surface area contributed by atoms with Gasteiger partial charge in [-0.1, -0.05) is 18.2 Å². The summed E-state index contributed by atoms with van der Waals surface area (Å²) in [6.07, 6.45) is 5.69. The number of piperidine rings is 1. The molecule has 4 heterocycles. The molecule has 168 valence electrons. The van der Waals surface area contributed by atoms with E-state index in [0.29, 0.717) is 24.6 Å². The second kappa shape index (κ2) is 7.90. The van der Waals surface area contributed by atoms with Crippen molar-refractivity contribution in [2.24, 2.45) is 0 Å². The number of benzene rings is 1. The molecule has 2 aromatic heterocycles. The number of sulfonamides is 1. The summed E-state index contributed by atoms with van der Waals surface area (Å²) in [5.74, 6) is 0.627. The highest BCUT2D eigenvalue weighted by Gasteiger charge is 2.30. The summed E-state index contributed by atoms with van der Waals surface area (Å²) in [7, 11) is -3.23. The van der Waals surface area contributed by atoms with Crippen LogP contribution in [-0.2, 0) is 10.0 Å². The molecule has 2 aliphatic heterocycles. The topological polar surface area (TPSA) is 106 Å². The molecule has 32 heavy (non-hydrogen) atoms. The number of anilines is 2. The van der Waals surface area contributed by atoms with Crippen LogP contribution in [0.5, 0.6) is 0 Å². The van der Waals surface area contributed by atoms with Gasteiger partial charge in [-0.15, -0.1) is 0 Å². The lowest BCUT2D eigenvalue weighted by Crippen LogP contribution is -2.40. The first-order valence-electron chi connectivity index (χ1n) is 11.1. The lowest BCUT2D eigenvalue weighted by molar-refractivity contribution is 0.313. The number of nitrogens with one attached hydrogen (secondary N) is 1. The number of para-hydroxylation sites is 1. The van der Waals surface area contributed by atoms with Gasteiger partial charge in [0, 0.05) is 42.4 Å². The minimum absolute atomic E-state index is 0.0109. The predicted molar refractivity (Wildman–Crippen MR) is 128 cm³/mol. The highest BCUT2D eigenvalue weighted by molar-refractivity contribution is 7.89. The lowest BCUT2D eigenvalue weighted by Gasteiger charge is -2.31. The van der Waals surface area contributed by atoms with Crippen LogP contribution in [0.15, 0.2) is 36.5 Å². The van der Waals surface area contributed by atoms with Crippen LogP contribution in [0, 0.1) is 0 Å². The van der Waals surface area contributed by atoms with E-state index in [0.717, 1.165) is 40.9 Å². The van der Waals surface area contributed by atoms with Crippen LogP contribution < -0.4 is 11.1 Å². The molecule has 1 saturated heterocycles. The van der Waals surface area contributed by atoms with E-state index in [1.165, 1.54) is 0 Å². The standard InChI is InChI=1S/C23H28N6O2S/c1-3-32(30,31)28-10-6-8-17(14-28)21-12-22(24)29-23(27-21)19(13-25-29)18-11-16-7-4-5-9-20(16)26-15(18)2/h4-5,7,9,11-13,15,17,26H,3,6,8,10,14,24H2,1-2H3. The van der Waals surface area contributed by atoms with E-state index in [9.17, 15) is 8.42 Å². The molecule has 9 heteroatoms. The first kappa shape index (κ1) is 21.0. The maximum absolute atomic E-state index is 12.4. The molecule has 3 N–H and O–H groups in total. The van der Waals surface area contributed by atoms with Gasteiger partial charge in [-0.05, 0) is 50.0 Å². The van der Waals surface area contributed by atoms with Gasteiger partial charge < -0.3 is 11.1 Å². The number of nitrogens with zero attached hydrogens (tertiary/aromatic N) is 4. The largest absolute Gasteiger partial charge is 0.384 e. The van der Waals surface area contributed by atoms with Crippen molar-refractivity contribution in [1.82, 2.24) is 18.9 Å². The summed E-state index contributed by atoms with van der Waals surface area (Å²) < 4.78 is 28.1. The molecule has 0 radical (unpaired) electrons. The van der Waals surface area contributed by atoms with Gasteiger partial charge in [-0.2, -0.15) is 9.61 Å². The van der Waals surface area contributed by atoms with Gasteiger partial charge in [-0.3, -0.25) is 0 Å². The van der Waals surface area contributed by atoms with Crippen molar-refractivity contribution in [3.63, 3.8) is 0 Å². The average Bonchev–Trinajstić information content (AvgIpc) is 3.23. The predicted octanol–water partition coefficient (Wildman–Crippen LogP) is 3.20. The van der Waals surface area contributed by atoms with Crippen LogP contribution >= 0.6 is 0 Å². The molecule has 3 aromatic rings. The molecule has 0 saturated carbocycles. The maximum Gasteiger partial charge on any atom is 0.213 e. The molecule has 2 atom stereocenters. The molecular formula is C23H28N6O2S. The third kappa shape index (κ3) is 3.55. The van der Waals surface area contributed by atoms with Crippen molar-refractivity contribution in [3.05, 3.63) is 53.3 Å². The monoisotopic (exact) mass is 452 g/mol. The average molecular weight is 453 g/mol. The molecular weight excluding hydrogens is 424 g/mol. The molecule has 0 amide bonds. The van der Waals surface area contributed by atoms with Crippen molar-refractivity contribution in [2.45, 2.75) is 38.6 Å². The van der Waals surface area contributed by atoms with Crippen molar-refractivity contribution in [1.29, 1.82) is 0 Å². The number of hydrogen-bond acceptors (Lipinski definition) is 6. The summed E-state index contributed by atoms with van der Waals surface area (Å²) in [6.45, 7) is 4.81. The number of rotatable bonds is 4. The molecule has 5 rings (SSSR count). The van der Waals surface area contributed by atoms with Crippen molar-refractivity contribution >= 4 is 38.8 Å². The molecule has 0 spiro atoms. The zero-order valence-corrected chi connectivity index (χ0v) is 19.1. The van der Waals surface area contributed by atoms with Gasteiger partial charge in [0.1, 0.15) is 5.82 Å². The molecule has 8 nitrogen and oxygen atoms in total. The van der Waals surface area contributed by atoms with E-state index in [-0.39, 0.29) is 17.7 Å². The molecule has 2 aliphatic rings. The molecule has 0 aliphatic carbocycles. The van der Waals surface area contributed by atoms with Gasteiger partial charge in [0.25, 0.3) is 0 Å². The van der Waals surface area contributed by atoms with Crippen LogP contribution in [0.3, 0.4) is 0 Å². The second-order valence-electron chi connectivity index (χ2n) is 8.55. The molecule has 1 aromatic carbocycles. The van der Waals surface area contributed by atoms with Crippen LogP contribution in [-0.4, -0.2) is 52.2 Å². The number of hydrogen-bond donors (Lipinski definition) is 2. The first-order chi connectivity index (χ1) is 15.4. The van der Waals surface area contributed by atoms with Gasteiger partial charge in [0.2, 0.25) is 10.0 Å². The van der Waals surface area contributed by atoms with Crippen molar-refractivity contribution in [2.75, 3.05) is 29.9 Å².